The van der Waals surface area contributed by atoms with E-state index in [2.05, 4.69) is 5.32 Å². The third-order valence-electron chi connectivity index (χ3n) is 4.06. The van der Waals surface area contributed by atoms with E-state index < -0.39 is 0 Å². The lowest BCUT2D eigenvalue weighted by atomic mass is 10.1. The second kappa shape index (κ2) is 4.85. The molecule has 3 heterocycles. The van der Waals surface area contributed by atoms with Crippen LogP contribution in [0.5, 0.6) is 0 Å². The fraction of sp³-hybridized carbons (Fsp3) is 0.692. The van der Waals surface area contributed by atoms with E-state index in [-0.39, 0.29) is 24.6 Å². The zero-order chi connectivity index (χ0) is 13.4. The summed E-state index contributed by atoms with van der Waals surface area (Å²) in [6.07, 6.45) is 3.43. The molecule has 104 valence electrons. The highest BCUT2D eigenvalue weighted by Gasteiger charge is 2.41. The van der Waals surface area contributed by atoms with E-state index >= 15 is 0 Å². The van der Waals surface area contributed by atoms with Crippen molar-refractivity contribution in [2.75, 3.05) is 26.2 Å². The monoisotopic (exact) mass is 265 g/mol. The highest BCUT2D eigenvalue weighted by Crippen LogP contribution is 2.27. The molecule has 0 aromatic carbocycles. The molecule has 3 rings (SSSR count). The summed E-state index contributed by atoms with van der Waals surface area (Å²) in [4.78, 5) is 27.3. The number of esters is 1. The Bertz CT molecular complexity index is 429. The highest BCUT2D eigenvalue weighted by atomic mass is 16.5. The van der Waals surface area contributed by atoms with Crippen molar-refractivity contribution in [3.05, 3.63) is 11.8 Å². The number of piperidine rings is 1. The molecule has 0 saturated carbocycles. The first-order chi connectivity index (χ1) is 9.16. The van der Waals surface area contributed by atoms with E-state index in [4.69, 9.17) is 4.74 Å². The third kappa shape index (κ3) is 2.20. The van der Waals surface area contributed by atoms with Crippen molar-refractivity contribution < 1.29 is 14.3 Å². The first-order valence-corrected chi connectivity index (χ1v) is 6.84. The van der Waals surface area contributed by atoms with Gasteiger partial charge in [-0.05, 0) is 32.9 Å². The van der Waals surface area contributed by atoms with Crippen LogP contribution in [-0.2, 0) is 9.53 Å². The maximum atomic E-state index is 12.5. The minimum Gasteiger partial charge on any atom is -0.456 e. The molecule has 0 unspecified atom stereocenters. The van der Waals surface area contributed by atoms with Gasteiger partial charge in [-0.25, -0.2) is 9.59 Å². The van der Waals surface area contributed by atoms with Crippen LogP contribution in [-0.4, -0.2) is 60.1 Å². The first kappa shape index (κ1) is 12.5. The summed E-state index contributed by atoms with van der Waals surface area (Å²) < 4.78 is 4.90. The average Bonchev–Trinajstić information content (AvgIpc) is 2.95. The lowest BCUT2D eigenvalue weighted by Crippen LogP contribution is -2.45. The zero-order valence-corrected chi connectivity index (χ0v) is 11.1. The van der Waals surface area contributed by atoms with Gasteiger partial charge < -0.3 is 15.0 Å². The van der Waals surface area contributed by atoms with Gasteiger partial charge in [0.25, 0.3) is 0 Å². The summed E-state index contributed by atoms with van der Waals surface area (Å²) in [6.45, 7) is 4.90. The van der Waals surface area contributed by atoms with Crippen molar-refractivity contribution in [2.45, 2.75) is 31.8 Å². The maximum Gasteiger partial charge on any atom is 0.333 e. The summed E-state index contributed by atoms with van der Waals surface area (Å²) in [6, 6.07) is 0.437. The molecule has 2 fully saturated rings. The number of hydrogen-bond acceptors (Lipinski definition) is 4. The number of nitrogens with zero attached hydrogens (tertiary/aromatic N) is 2. The molecule has 0 aromatic rings. The molecule has 19 heavy (non-hydrogen) atoms. The number of carbonyl (C=O) groups excluding carboxylic acids is 2. The van der Waals surface area contributed by atoms with Gasteiger partial charge in [0, 0.05) is 18.7 Å². The predicted octanol–water partition coefficient (Wildman–Crippen LogP) is 0.305. The summed E-state index contributed by atoms with van der Waals surface area (Å²) in [5, 5.41) is 3.31. The molecule has 3 aliphatic heterocycles. The van der Waals surface area contributed by atoms with Crippen LogP contribution in [0.4, 0.5) is 4.79 Å². The SMILES string of the molecule is C[C@@H]1CN(C2CCNCC2)C(=O)N1C1=CC(=O)OC1. The molecule has 0 radical (unpaired) electrons. The second-order valence-electron chi connectivity index (χ2n) is 5.38. The van der Waals surface area contributed by atoms with Crippen molar-refractivity contribution in [3.63, 3.8) is 0 Å². The maximum absolute atomic E-state index is 12.5. The molecular formula is C13H19N3O3. The van der Waals surface area contributed by atoms with Crippen LogP contribution in [0.25, 0.3) is 0 Å². The van der Waals surface area contributed by atoms with Crippen LogP contribution in [0.2, 0.25) is 0 Å². The largest absolute Gasteiger partial charge is 0.456 e. The Hall–Kier alpha value is -1.56. The van der Waals surface area contributed by atoms with Gasteiger partial charge in [-0.1, -0.05) is 0 Å². The lowest BCUT2D eigenvalue weighted by Gasteiger charge is -2.31. The van der Waals surface area contributed by atoms with Gasteiger partial charge in [-0.3, -0.25) is 4.90 Å². The van der Waals surface area contributed by atoms with Gasteiger partial charge in [0.15, 0.2) is 0 Å². The third-order valence-corrected chi connectivity index (χ3v) is 4.06. The minimum atomic E-state index is -0.352. The quantitative estimate of drug-likeness (QED) is 0.730. The lowest BCUT2D eigenvalue weighted by molar-refractivity contribution is -0.135. The van der Waals surface area contributed by atoms with E-state index in [9.17, 15) is 9.59 Å². The Labute approximate surface area is 112 Å². The van der Waals surface area contributed by atoms with Crippen molar-refractivity contribution >= 4 is 12.0 Å². The van der Waals surface area contributed by atoms with E-state index in [1.807, 2.05) is 11.8 Å². The molecule has 0 spiro atoms. The van der Waals surface area contributed by atoms with Gasteiger partial charge in [0.1, 0.15) is 6.61 Å². The number of nitrogens with one attached hydrogen (secondary N) is 1. The molecule has 6 heteroatoms. The first-order valence-electron chi connectivity index (χ1n) is 6.84. The Morgan fingerprint density at radius 3 is 2.68 bits per heavy atom. The predicted molar refractivity (Wildman–Crippen MR) is 68.3 cm³/mol. The molecule has 1 N–H and O–H groups in total. The minimum absolute atomic E-state index is 0.0175. The van der Waals surface area contributed by atoms with Gasteiger partial charge in [-0.15, -0.1) is 0 Å². The van der Waals surface area contributed by atoms with Gasteiger partial charge in [0.05, 0.1) is 11.7 Å². The van der Waals surface area contributed by atoms with E-state index in [1.54, 1.807) is 4.90 Å². The fourth-order valence-corrected chi connectivity index (χ4v) is 3.10. The topological polar surface area (TPSA) is 61.9 Å². The zero-order valence-electron chi connectivity index (χ0n) is 11.1. The number of ether oxygens (including phenoxy) is 1. The smallest absolute Gasteiger partial charge is 0.333 e. The normalized spacial score (nSPS) is 28.9. The molecule has 0 bridgehead atoms. The summed E-state index contributed by atoms with van der Waals surface area (Å²) in [7, 11) is 0. The number of urea groups is 1. The van der Waals surface area contributed by atoms with Crippen molar-refractivity contribution in [2.24, 2.45) is 0 Å². The van der Waals surface area contributed by atoms with Gasteiger partial charge >= 0.3 is 12.0 Å². The molecule has 2 amide bonds. The standard InChI is InChI=1S/C13H19N3O3/c1-9-7-15(10-2-4-14-5-3-10)13(18)16(9)11-6-12(17)19-8-11/h6,9-10,14H,2-5,7-8H2,1H3/t9-/m1/s1. The van der Waals surface area contributed by atoms with Crippen LogP contribution >= 0.6 is 0 Å². The Balaban J connectivity index is 1.75. The summed E-state index contributed by atoms with van der Waals surface area (Å²) in [5.41, 5.74) is 0.693. The average molecular weight is 265 g/mol. The number of carbonyl (C=O) groups is 2. The fourth-order valence-electron chi connectivity index (χ4n) is 3.10. The Morgan fingerprint density at radius 2 is 2.05 bits per heavy atom. The van der Waals surface area contributed by atoms with Crippen molar-refractivity contribution in [3.8, 4) is 0 Å². The molecule has 1 atom stereocenters. The van der Waals surface area contributed by atoms with E-state index in [0.717, 1.165) is 32.5 Å². The number of amides is 2. The molecule has 0 aromatic heterocycles. The van der Waals surface area contributed by atoms with Gasteiger partial charge in [-0.2, -0.15) is 0 Å². The van der Waals surface area contributed by atoms with Crippen molar-refractivity contribution in [1.82, 2.24) is 15.1 Å². The highest BCUT2D eigenvalue weighted by molar-refractivity contribution is 5.88. The van der Waals surface area contributed by atoms with E-state index in [0.29, 0.717) is 11.7 Å². The van der Waals surface area contributed by atoms with E-state index in [1.165, 1.54) is 6.08 Å². The molecular weight excluding hydrogens is 246 g/mol. The second-order valence-corrected chi connectivity index (χ2v) is 5.38. The summed E-state index contributed by atoms with van der Waals surface area (Å²) in [5.74, 6) is -0.352. The van der Waals surface area contributed by atoms with Gasteiger partial charge in [0.2, 0.25) is 0 Å². The number of cyclic esters (lactones) is 1. The van der Waals surface area contributed by atoms with Crippen LogP contribution in [0.15, 0.2) is 11.8 Å². The van der Waals surface area contributed by atoms with Crippen molar-refractivity contribution in [1.29, 1.82) is 0 Å². The summed E-state index contributed by atoms with van der Waals surface area (Å²) >= 11 is 0. The number of hydrogen-bond donors (Lipinski definition) is 1. The Morgan fingerprint density at radius 1 is 1.32 bits per heavy atom. The van der Waals surface area contributed by atoms with Crippen LogP contribution in [0.3, 0.4) is 0 Å². The molecule has 0 aliphatic carbocycles. The number of rotatable bonds is 2. The van der Waals surface area contributed by atoms with Crippen LogP contribution < -0.4 is 5.32 Å². The Kier molecular flexibility index (Phi) is 3.18. The van der Waals surface area contributed by atoms with Crippen LogP contribution in [0.1, 0.15) is 19.8 Å². The molecule has 3 aliphatic rings. The molecule has 6 nitrogen and oxygen atoms in total. The molecule has 2 saturated heterocycles. The van der Waals surface area contributed by atoms with Crippen LogP contribution in [0, 0.1) is 0 Å².